The van der Waals surface area contributed by atoms with E-state index in [9.17, 15) is 10.0 Å². The minimum absolute atomic E-state index is 0.0998. The number of hydrogen-bond acceptors (Lipinski definition) is 3. The van der Waals surface area contributed by atoms with E-state index in [1.807, 2.05) is 18.2 Å². The Bertz CT molecular complexity index is 406. The van der Waals surface area contributed by atoms with Crippen LogP contribution in [0.1, 0.15) is 17.5 Å². The molecule has 1 heterocycles. The van der Waals surface area contributed by atoms with Gasteiger partial charge in [0.25, 0.3) is 0 Å². The largest absolute Gasteiger partial charge is 0.493 e. The molecular formula is C11H14N2O3. The Labute approximate surface area is 93.4 Å². The lowest BCUT2D eigenvalue weighted by molar-refractivity contribution is -0.0470. The molecule has 5 nitrogen and oxygen atoms in total. The zero-order valence-electron chi connectivity index (χ0n) is 8.85. The second kappa shape index (κ2) is 4.40. The van der Waals surface area contributed by atoms with E-state index in [0.717, 1.165) is 36.3 Å². The predicted octanol–water partition coefficient (Wildman–Crippen LogP) is 1.28. The SMILES string of the molecule is NC(=O)N(O)Cc1ccc2c(c1)CCCO2. The summed E-state index contributed by atoms with van der Waals surface area (Å²) in [7, 11) is 0. The number of nitrogens with two attached hydrogens (primary N) is 1. The van der Waals surface area contributed by atoms with Crippen molar-refractivity contribution < 1.29 is 14.7 Å². The number of aryl methyl sites for hydroxylation is 1. The summed E-state index contributed by atoms with van der Waals surface area (Å²) in [6, 6.07) is 4.75. The standard InChI is InChI=1S/C11H14N2O3/c12-11(14)13(15)7-8-3-4-10-9(6-8)2-1-5-16-10/h3-4,6,15H,1-2,5,7H2,(H2,12,14). The van der Waals surface area contributed by atoms with Gasteiger partial charge in [-0.15, -0.1) is 0 Å². The fourth-order valence-electron chi connectivity index (χ4n) is 1.76. The first kappa shape index (κ1) is 10.8. The molecule has 1 aromatic carbocycles. The molecule has 0 spiro atoms. The summed E-state index contributed by atoms with van der Waals surface area (Å²) in [5.74, 6) is 0.888. The summed E-state index contributed by atoms with van der Waals surface area (Å²) in [5.41, 5.74) is 6.88. The Morgan fingerprint density at radius 2 is 2.38 bits per heavy atom. The van der Waals surface area contributed by atoms with Gasteiger partial charge in [-0.3, -0.25) is 5.21 Å². The summed E-state index contributed by atoms with van der Waals surface area (Å²) in [6.07, 6.45) is 1.96. The van der Waals surface area contributed by atoms with Gasteiger partial charge < -0.3 is 10.5 Å². The van der Waals surface area contributed by atoms with Gasteiger partial charge in [-0.05, 0) is 30.0 Å². The Balaban J connectivity index is 2.14. The number of fused-ring (bicyclic) bond motifs is 1. The maximum Gasteiger partial charge on any atom is 0.338 e. The number of nitrogens with zero attached hydrogens (tertiary/aromatic N) is 1. The molecule has 0 aromatic heterocycles. The second-order valence-corrected chi connectivity index (χ2v) is 3.79. The molecule has 0 atom stereocenters. The van der Waals surface area contributed by atoms with E-state index in [0.29, 0.717) is 5.06 Å². The monoisotopic (exact) mass is 222 g/mol. The van der Waals surface area contributed by atoms with E-state index in [1.165, 1.54) is 0 Å². The highest BCUT2D eigenvalue weighted by molar-refractivity contribution is 5.70. The Hall–Kier alpha value is -1.75. The van der Waals surface area contributed by atoms with Crippen molar-refractivity contribution in [2.45, 2.75) is 19.4 Å². The van der Waals surface area contributed by atoms with Crippen molar-refractivity contribution in [3.05, 3.63) is 29.3 Å². The van der Waals surface area contributed by atoms with E-state index < -0.39 is 6.03 Å². The number of carbonyl (C=O) groups excluding carboxylic acids is 1. The Morgan fingerprint density at radius 3 is 3.12 bits per heavy atom. The molecule has 0 saturated heterocycles. The number of benzene rings is 1. The number of hydrogen-bond donors (Lipinski definition) is 2. The van der Waals surface area contributed by atoms with Crippen LogP contribution in [0.15, 0.2) is 18.2 Å². The van der Waals surface area contributed by atoms with Crippen LogP contribution in [0.4, 0.5) is 4.79 Å². The minimum atomic E-state index is -0.853. The van der Waals surface area contributed by atoms with Crippen LogP contribution in [0.25, 0.3) is 0 Å². The number of ether oxygens (including phenoxy) is 1. The fraction of sp³-hybridized carbons (Fsp3) is 0.364. The van der Waals surface area contributed by atoms with Gasteiger partial charge in [0.1, 0.15) is 5.75 Å². The van der Waals surface area contributed by atoms with E-state index in [1.54, 1.807) is 0 Å². The molecule has 2 rings (SSSR count). The van der Waals surface area contributed by atoms with Crippen molar-refractivity contribution in [1.82, 2.24) is 5.06 Å². The Kier molecular flexibility index (Phi) is 2.96. The van der Waals surface area contributed by atoms with Crippen LogP contribution in [0, 0.1) is 0 Å². The molecule has 1 aliphatic heterocycles. The lowest BCUT2D eigenvalue weighted by Crippen LogP contribution is -2.32. The average Bonchev–Trinajstić information content (AvgIpc) is 2.28. The van der Waals surface area contributed by atoms with Crippen molar-refractivity contribution in [1.29, 1.82) is 0 Å². The van der Waals surface area contributed by atoms with Crippen molar-refractivity contribution >= 4 is 6.03 Å². The maximum atomic E-state index is 10.7. The summed E-state index contributed by atoms with van der Waals surface area (Å²) >= 11 is 0. The maximum absolute atomic E-state index is 10.7. The van der Waals surface area contributed by atoms with Gasteiger partial charge in [0.2, 0.25) is 0 Å². The van der Waals surface area contributed by atoms with Crippen molar-refractivity contribution in [3.8, 4) is 5.75 Å². The molecule has 0 saturated carbocycles. The van der Waals surface area contributed by atoms with Gasteiger partial charge in [-0.25, -0.2) is 9.86 Å². The Morgan fingerprint density at radius 1 is 1.56 bits per heavy atom. The smallest absolute Gasteiger partial charge is 0.338 e. The van der Waals surface area contributed by atoms with Crippen molar-refractivity contribution in [3.63, 3.8) is 0 Å². The van der Waals surface area contributed by atoms with Crippen LogP contribution in [-0.4, -0.2) is 22.9 Å². The molecule has 0 unspecified atom stereocenters. The molecule has 16 heavy (non-hydrogen) atoms. The molecule has 3 N–H and O–H groups in total. The van der Waals surface area contributed by atoms with Crippen LogP contribution in [-0.2, 0) is 13.0 Å². The summed E-state index contributed by atoms with van der Waals surface area (Å²) in [5, 5.41) is 9.70. The van der Waals surface area contributed by atoms with Gasteiger partial charge in [0.15, 0.2) is 0 Å². The third kappa shape index (κ3) is 2.25. The first-order valence-corrected chi connectivity index (χ1v) is 5.17. The highest BCUT2D eigenvalue weighted by atomic mass is 16.5. The molecule has 86 valence electrons. The molecule has 0 bridgehead atoms. The van der Waals surface area contributed by atoms with Crippen LogP contribution in [0.3, 0.4) is 0 Å². The van der Waals surface area contributed by atoms with E-state index >= 15 is 0 Å². The highest BCUT2D eigenvalue weighted by Gasteiger charge is 2.12. The van der Waals surface area contributed by atoms with E-state index in [-0.39, 0.29) is 6.54 Å². The number of urea groups is 1. The van der Waals surface area contributed by atoms with Gasteiger partial charge in [0, 0.05) is 0 Å². The predicted molar refractivity (Wildman–Crippen MR) is 57.2 cm³/mol. The molecule has 2 amide bonds. The summed E-state index contributed by atoms with van der Waals surface area (Å²) in [6.45, 7) is 0.850. The lowest BCUT2D eigenvalue weighted by atomic mass is 10.0. The van der Waals surface area contributed by atoms with Crippen molar-refractivity contribution in [2.24, 2.45) is 5.73 Å². The number of hydroxylamine groups is 2. The minimum Gasteiger partial charge on any atom is -0.493 e. The van der Waals surface area contributed by atoms with Crippen LogP contribution >= 0.6 is 0 Å². The molecule has 1 aromatic rings. The quantitative estimate of drug-likeness (QED) is 0.584. The molecular weight excluding hydrogens is 208 g/mol. The van der Waals surface area contributed by atoms with Crippen molar-refractivity contribution in [2.75, 3.05) is 6.61 Å². The first-order valence-electron chi connectivity index (χ1n) is 5.17. The van der Waals surface area contributed by atoms with E-state index in [2.05, 4.69) is 0 Å². The molecule has 1 aliphatic rings. The number of carbonyl (C=O) groups is 1. The third-order valence-electron chi connectivity index (χ3n) is 2.56. The topological polar surface area (TPSA) is 75.8 Å². The zero-order valence-corrected chi connectivity index (χ0v) is 8.85. The zero-order chi connectivity index (χ0) is 11.5. The second-order valence-electron chi connectivity index (χ2n) is 3.79. The van der Waals surface area contributed by atoms with Crippen LogP contribution in [0.5, 0.6) is 5.75 Å². The van der Waals surface area contributed by atoms with Gasteiger partial charge in [-0.2, -0.15) is 0 Å². The molecule has 5 heteroatoms. The third-order valence-corrected chi connectivity index (χ3v) is 2.56. The summed E-state index contributed by atoms with van der Waals surface area (Å²) in [4.78, 5) is 10.7. The highest BCUT2D eigenvalue weighted by Crippen LogP contribution is 2.25. The number of amides is 2. The van der Waals surface area contributed by atoms with E-state index in [4.69, 9.17) is 10.5 Å². The van der Waals surface area contributed by atoms with Crippen LogP contribution in [0.2, 0.25) is 0 Å². The average molecular weight is 222 g/mol. The molecule has 0 radical (unpaired) electrons. The van der Waals surface area contributed by atoms with Gasteiger partial charge >= 0.3 is 6.03 Å². The lowest BCUT2D eigenvalue weighted by Gasteiger charge is -2.19. The molecule has 0 fully saturated rings. The van der Waals surface area contributed by atoms with Gasteiger partial charge in [0.05, 0.1) is 13.2 Å². The first-order chi connectivity index (χ1) is 7.66. The number of primary amides is 1. The van der Waals surface area contributed by atoms with Crippen LogP contribution < -0.4 is 10.5 Å². The molecule has 0 aliphatic carbocycles. The number of rotatable bonds is 2. The summed E-state index contributed by atoms with van der Waals surface area (Å²) < 4.78 is 5.46. The normalized spacial score (nSPS) is 13.8. The fourth-order valence-corrected chi connectivity index (χ4v) is 1.76. The van der Waals surface area contributed by atoms with Gasteiger partial charge in [-0.1, -0.05) is 12.1 Å².